The minimum Gasteiger partial charge on any atom is -0.372 e. The van der Waals surface area contributed by atoms with Crippen molar-refractivity contribution in [3.05, 3.63) is 59.7 Å². The molecule has 1 atom stereocenters. The van der Waals surface area contributed by atoms with Gasteiger partial charge in [0.05, 0.1) is 0 Å². The molecule has 2 heterocycles. The Morgan fingerprint density at radius 1 is 1.35 bits per heavy atom. The van der Waals surface area contributed by atoms with E-state index < -0.39 is 5.79 Å². The largest absolute Gasteiger partial charge is 0.372 e. The summed E-state index contributed by atoms with van der Waals surface area (Å²) >= 11 is 0. The molecular formula is C17H22FN5. The topological polar surface area (TPSA) is 65.7 Å². The first-order valence-electron chi connectivity index (χ1n) is 7.85. The van der Waals surface area contributed by atoms with Crippen molar-refractivity contribution in [1.82, 2.24) is 15.5 Å². The Morgan fingerprint density at radius 2 is 2.17 bits per heavy atom. The Labute approximate surface area is 135 Å². The zero-order chi connectivity index (χ0) is 16.1. The Bertz CT molecular complexity index is 632. The van der Waals surface area contributed by atoms with Crippen LogP contribution in [0.2, 0.25) is 0 Å². The van der Waals surface area contributed by atoms with E-state index in [1.165, 1.54) is 12.1 Å². The van der Waals surface area contributed by atoms with Gasteiger partial charge in [-0.1, -0.05) is 24.3 Å². The summed E-state index contributed by atoms with van der Waals surface area (Å²) in [5.41, 5.74) is 6.86. The summed E-state index contributed by atoms with van der Waals surface area (Å²) in [5.74, 6) is -0.670. The number of halogens is 1. The van der Waals surface area contributed by atoms with Crippen LogP contribution in [0.1, 0.15) is 12.0 Å². The van der Waals surface area contributed by atoms with Gasteiger partial charge >= 0.3 is 0 Å². The van der Waals surface area contributed by atoms with E-state index in [0.717, 1.165) is 38.4 Å². The van der Waals surface area contributed by atoms with Crippen LogP contribution in [0.4, 0.5) is 4.39 Å². The van der Waals surface area contributed by atoms with Crippen molar-refractivity contribution in [2.45, 2.75) is 12.2 Å². The number of rotatable bonds is 6. The molecule has 0 spiro atoms. The van der Waals surface area contributed by atoms with Crippen LogP contribution in [0.3, 0.4) is 0 Å². The second-order valence-corrected chi connectivity index (χ2v) is 5.77. The molecule has 2 aliphatic heterocycles. The molecule has 0 amide bonds. The van der Waals surface area contributed by atoms with Gasteiger partial charge in [0.1, 0.15) is 11.6 Å². The average Bonchev–Trinajstić information content (AvgIpc) is 3.05. The first-order chi connectivity index (χ1) is 11.2. The normalized spacial score (nSPS) is 23.7. The maximum Gasteiger partial charge on any atom is 0.210 e. The van der Waals surface area contributed by atoms with E-state index in [4.69, 9.17) is 5.73 Å². The highest BCUT2D eigenvalue weighted by molar-refractivity contribution is 5.73. The molecule has 1 aromatic rings. The molecule has 0 bridgehead atoms. The fraction of sp³-hybridized carbons (Fsp3) is 0.353. The van der Waals surface area contributed by atoms with Crippen LogP contribution in [-0.2, 0) is 5.79 Å². The molecule has 1 aromatic carbocycles. The predicted molar refractivity (Wildman–Crippen MR) is 90.2 cm³/mol. The fourth-order valence-electron chi connectivity index (χ4n) is 2.71. The quantitative estimate of drug-likeness (QED) is 0.546. The maximum absolute atomic E-state index is 13.4. The summed E-state index contributed by atoms with van der Waals surface area (Å²) in [6.45, 7) is 3.97. The Kier molecular flexibility index (Phi) is 4.73. The van der Waals surface area contributed by atoms with E-state index in [0.29, 0.717) is 5.56 Å². The van der Waals surface area contributed by atoms with Crippen LogP contribution in [0, 0.1) is 5.82 Å². The number of nitrogens with one attached hydrogen (secondary N) is 2. The molecule has 3 rings (SSSR count). The second kappa shape index (κ2) is 6.93. The zero-order valence-electron chi connectivity index (χ0n) is 13.0. The van der Waals surface area contributed by atoms with Gasteiger partial charge in [0.25, 0.3) is 0 Å². The van der Waals surface area contributed by atoms with Crippen LogP contribution >= 0.6 is 0 Å². The van der Waals surface area contributed by atoms with Gasteiger partial charge in [-0.25, -0.2) is 9.38 Å². The highest BCUT2D eigenvalue weighted by Crippen LogP contribution is 2.20. The number of nitrogens with zero attached hydrogens (tertiary/aromatic N) is 2. The first-order valence-corrected chi connectivity index (χ1v) is 7.85. The number of allylic oxidation sites excluding steroid dienone is 1. The van der Waals surface area contributed by atoms with Gasteiger partial charge < -0.3 is 10.6 Å². The SMILES string of the molecule is NC1(c2cccc(F)c2)N=CC=C(NCCCN2CC=CC2)N1. The van der Waals surface area contributed by atoms with Gasteiger partial charge in [-0.3, -0.25) is 10.6 Å². The Hall–Kier alpha value is -2.18. The maximum atomic E-state index is 13.4. The van der Waals surface area contributed by atoms with Crippen molar-refractivity contribution in [2.24, 2.45) is 10.7 Å². The average molecular weight is 315 g/mol. The minimum atomic E-state index is -1.14. The van der Waals surface area contributed by atoms with E-state index in [2.05, 4.69) is 32.7 Å². The summed E-state index contributed by atoms with van der Waals surface area (Å²) in [5, 5.41) is 6.46. The van der Waals surface area contributed by atoms with Crippen LogP contribution in [0.15, 0.2) is 53.3 Å². The third-order valence-corrected chi connectivity index (χ3v) is 3.97. The van der Waals surface area contributed by atoms with Crippen molar-refractivity contribution in [3.63, 3.8) is 0 Å². The lowest BCUT2D eigenvalue weighted by Crippen LogP contribution is -2.52. The van der Waals surface area contributed by atoms with E-state index in [1.54, 1.807) is 18.3 Å². The summed E-state index contributed by atoms with van der Waals surface area (Å²) < 4.78 is 13.4. The molecule has 1 unspecified atom stereocenters. The van der Waals surface area contributed by atoms with Crippen LogP contribution in [0.25, 0.3) is 0 Å². The molecule has 0 saturated heterocycles. The highest BCUT2D eigenvalue weighted by atomic mass is 19.1. The molecule has 5 nitrogen and oxygen atoms in total. The van der Waals surface area contributed by atoms with Crippen molar-refractivity contribution in [2.75, 3.05) is 26.2 Å². The van der Waals surface area contributed by atoms with Gasteiger partial charge in [-0.05, 0) is 24.6 Å². The molecule has 4 N–H and O–H groups in total. The third kappa shape index (κ3) is 3.97. The van der Waals surface area contributed by atoms with Crippen molar-refractivity contribution < 1.29 is 4.39 Å². The van der Waals surface area contributed by atoms with Crippen molar-refractivity contribution >= 4 is 6.21 Å². The lowest BCUT2D eigenvalue weighted by molar-refractivity contribution is 0.340. The number of hydrogen-bond donors (Lipinski definition) is 3. The van der Waals surface area contributed by atoms with Crippen molar-refractivity contribution in [1.29, 1.82) is 0 Å². The summed E-state index contributed by atoms with van der Waals surface area (Å²) in [6.07, 6.45) is 8.90. The van der Waals surface area contributed by atoms with Gasteiger partial charge in [0.2, 0.25) is 5.79 Å². The lowest BCUT2D eigenvalue weighted by Gasteiger charge is -2.31. The molecule has 0 radical (unpaired) electrons. The van der Waals surface area contributed by atoms with E-state index in [1.807, 2.05) is 6.08 Å². The fourth-order valence-corrected chi connectivity index (χ4v) is 2.71. The van der Waals surface area contributed by atoms with Crippen molar-refractivity contribution in [3.8, 4) is 0 Å². The molecule has 23 heavy (non-hydrogen) atoms. The first kappa shape index (κ1) is 15.7. The van der Waals surface area contributed by atoms with Crippen LogP contribution in [0.5, 0.6) is 0 Å². The monoisotopic (exact) mass is 315 g/mol. The molecule has 2 aliphatic rings. The minimum absolute atomic E-state index is 0.326. The van der Waals surface area contributed by atoms with Gasteiger partial charge in [-0.15, -0.1) is 0 Å². The number of hydrogen-bond acceptors (Lipinski definition) is 5. The Morgan fingerprint density at radius 3 is 2.96 bits per heavy atom. The molecule has 6 heteroatoms. The summed E-state index contributed by atoms with van der Waals surface area (Å²) in [4.78, 5) is 6.64. The van der Waals surface area contributed by atoms with Crippen LogP contribution < -0.4 is 16.4 Å². The molecule has 0 saturated carbocycles. The number of nitrogens with two attached hydrogens (primary N) is 1. The van der Waals surface area contributed by atoms with Crippen LogP contribution in [-0.4, -0.2) is 37.3 Å². The molecule has 0 fully saturated rings. The predicted octanol–water partition coefficient (Wildman–Crippen LogP) is 1.26. The highest BCUT2D eigenvalue weighted by Gasteiger charge is 2.28. The molecular weight excluding hydrogens is 293 g/mol. The molecule has 122 valence electrons. The lowest BCUT2D eigenvalue weighted by atomic mass is 10.1. The zero-order valence-corrected chi connectivity index (χ0v) is 13.0. The molecule has 0 aromatic heterocycles. The number of aliphatic imine (C=N–C) groups is 1. The van der Waals surface area contributed by atoms with Gasteiger partial charge in [-0.2, -0.15) is 0 Å². The van der Waals surface area contributed by atoms with E-state index in [-0.39, 0.29) is 5.82 Å². The van der Waals surface area contributed by atoms with Gasteiger partial charge in [0, 0.05) is 38.0 Å². The van der Waals surface area contributed by atoms with E-state index in [9.17, 15) is 4.39 Å². The second-order valence-electron chi connectivity index (χ2n) is 5.77. The number of benzene rings is 1. The van der Waals surface area contributed by atoms with E-state index >= 15 is 0 Å². The standard InChI is InChI=1S/C17H22FN5/c18-15-6-3-5-14(13-15)17(19)21-9-7-16(22-17)20-8-4-12-23-10-1-2-11-23/h1-3,5-7,9,13,20,22H,4,8,10-12,19H2. The smallest absolute Gasteiger partial charge is 0.210 e. The Balaban J connectivity index is 1.51. The third-order valence-electron chi connectivity index (χ3n) is 3.97. The summed E-state index contributed by atoms with van der Waals surface area (Å²) in [6, 6.07) is 6.18. The van der Waals surface area contributed by atoms with Gasteiger partial charge in [0.15, 0.2) is 0 Å². The molecule has 0 aliphatic carbocycles. The summed E-state index contributed by atoms with van der Waals surface area (Å²) in [7, 11) is 0.